The van der Waals surface area contributed by atoms with Gasteiger partial charge in [-0.2, -0.15) is 0 Å². The number of hydrogen-bond donors (Lipinski definition) is 1. The normalized spacial score (nSPS) is 19.2. The first kappa shape index (κ1) is 16.4. The third-order valence-electron chi connectivity index (χ3n) is 4.45. The Balaban J connectivity index is 1.73. The van der Waals surface area contributed by atoms with Gasteiger partial charge in [-0.15, -0.1) is 0 Å². The monoisotopic (exact) mass is 330 g/mol. The number of aliphatic imine (C=N–C) groups is 1. The first-order valence-electron chi connectivity index (χ1n) is 8.01. The molecule has 0 aliphatic carbocycles. The van der Waals surface area contributed by atoms with E-state index in [4.69, 9.17) is 0 Å². The minimum absolute atomic E-state index is 0.0768. The molecule has 8 heteroatoms. The molecule has 1 N–H and O–H groups in total. The van der Waals surface area contributed by atoms with Crippen molar-refractivity contribution >= 4 is 17.8 Å². The number of aromatic nitrogens is 2. The van der Waals surface area contributed by atoms with Crippen molar-refractivity contribution in [1.82, 2.24) is 25.1 Å². The van der Waals surface area contributed by atoms with E-state index in [9.17, 15) is 9.59 Å². The van der Waals surface area contributed by atoms with E-state index in [2.05, 4.69) is 20.3 Å². The highest BCUT2D eigenvalue weighted by Crippen LogP contribution is 2.30. The molecule has 8 nitrogen and oxygen atoms in total. The lowest BCUT2D eigenvalue weighted by Gasteiger charge is -2.35. The Bertz CT molecular complexity index is 699. The van der Waals surface area contributed by atoms with Gasteiger partial charge in [-0.25, -0.2) is 15.0 Å². The lowest BCUT2D eigenvalue weighted by molar-refractivity contribution is -0.125. The van der Waals surface area contributed by atoms with Crippen molar-refractivity contribution in [3.63, 3.8) is 0 Å². The molecule has 1 aromatic rings. The van der Waals surface area contributed by atoms with Crippen LogP contribution in [0.15, 0.2) is 11.1 Å². The van der Waals surface area contributed by atoms with Crippen LogP contribution in [0.5, 0.6) is 0 Å². The Morgan fingerprint density at radius 1 is 1.25 bits per heavy atom. The molecule has 0 bridgehead atoms. The summed E-state index contributed by atoms with van der Waals surface area (Å²) < 4.78 is 0. The molecule has 2 amide bonds. The second-order valence-electron chi connectivity index (χ2n) is 6.55. The molecule has 3 heterocycles. The van der Waals surface area contributed by atoms with Crippen molar-refractivity contribution in [1.29, 1.82) is 0 Å². The van der Waals surface area contributed by atoms with Gasteiger partial charge in [0.1, 0.15) is 17.1 Å². The summed E-state index contributed by atoms with van der Waals surface area (Å²) in [5.74, 6) is 0.977. The first-order chi connectivity index (χ1) is 11.3. The maximum absolute atomic E-state index is 12.7. The van der Waals surface area contributed by atoms with Gasteiger partial charge in [-0.3, -0.25) is 14.9 Å². The predicted molar refractivity (Wildman–Crippen MR) is 88.6 cm³/mol. The third-order valence-corrected chi connectivity index (χ3v) is 4.45. The second kappa shape index (κ2) is 5.85. The predicted octanol–water partition coefficient (Wildman–Crippen LogP) is 0.116. The summed E-state index contributed by atoms with van der Waals surface area (Å²) in [6.07, 6.45) is 1.04. The van der Waals surface area contributed by atoms with E-state index in [1.54, 1.807) is 22.8 Å². The number of aryl methyl sites for hydroxylation is 2. The molecule has 0 atom stereocenters. The lowest BCUT2D eigenvalue weighted by atomic mass is 9.88. The highest BCUT2D eigenvalue weighted by atomic mass is 16.2. The Hall–Kier alpha value is -2.51. The van der Waals surface area contributed by atoms with Crippen LogP contribution in [0.2, 0.25) is 0 Å². The van der Waals surface area contributed by atoms with Crippen LogP contribution in [-0.4, -0.2) is 70.3 Å². The fourth-order valence-electron chi connectivity index (χ4n) is 3.12. The summed E-state index contributed by atoms with van der Waals surface area (Å²) in [6.45, 7) is 4.59. The Labute approximate surface area is 141 Å². The van der Waals surface area contributed by atoms with Gasteiger partial charge in [-0.05, 0) is 32.8 Å². The van der Waals surface area contributed by atoms with Gasteiger partial charge < -0.3 is 9.80 Å². The summed E-state index contributed by atoms with van der Waals surface area (Å²) >= 11 is 0. The number of piperidine rings is 1. The number of nitrogens with zero attached hydrogens (tertiary/aromatic N) is 5. The zero-order chi connectivity index (χ0) is 17.5. The van der Waals surface area contributed by atoms with Gasteiger partial charge in [0, 0.05) is 32.9 Å². The molecule has 24 heavy (non-hydrogen) atoms. The number of likely N-dealkylation sites (tertiary alicyclic amines) is 1. The van der Waals surface area contributed by atoms with Crippen LogP contribution in [0.3, 0.4) is 0 Å². The van der Waals surface area contributed by atoms with E-state index >= 15 is 0 Å². The fourth-order valence-corrected chi connectivity index (χ4v) is 3.12. The highest BCUT2D eigenvalue weighted by Gasteiger charge is 2.47. The number of carbonyl (C=O) groups is 2. The van der Waals surface area contributed by atoms with E-state index in [-0.39, 0.29) is 11.8 Å². The minimum Gasteiger partial charge on any atom is -0.349 e. The SMILES string of the molecule is Cc1cc(C(=O)N2CCC3(CC2)N=C(N(C)C)NC3=O)nc(C)n1. The summed E-state index contributed by atoms with van der Waals surface area (Å²) in [4.78, 5) is 41.5. The van der Waals surface area contributed by atoms with Crippen LogP contribution in [-0.2, 0) is 4.79 Å². The number of carbonyl (C=O) groups excluding carboxylic acids is 2. The van der Waals surface area contributed by atoms with Crippen molar-refractivity contribution in [2.75, 3.05) is 27.2 Å². The van der Waals surface area contributed by atoms with Crippen molar-refractivity contribution in [3.8, 4) is 0 Å². The van der Waals surface area contributed by atoms with Gasteiger partial charge in [0.05, 0.1) is 0 Å². The first-order valence-corrected chi connectivity index (χ1v) is 8.01. The molecule has 2 aliphatic heterocycles. The van der Waals surface area contributed by atoms with Crippen LogP contribution in [0.1, 0.15) is 34.8 Å². The summed E-state index contributed by atoms with van der Waals surface area (Å²) in [5, 5.41) is 2.82. The van der Waals surface area contributed by atoms with E-state index in [0.717, 1.165) is 5.69 Å². The van der Waals surface area contributed by atoms with Gasteiger partial charge in [-0.1, -0.05) is 0 Å². The number of nitrogens with one attached hydrogen (secondary N) is 1. The van der Waals surface area contributed by atoms with Crippen molar-refractivity contribution in [2.24, 2.45) is 4.99 Å². The Morgan fingerprint density at radius 3 is 2.46 bits per heavy atom. The van der Waals surface area contributed by atoms with E-state index in [0.29, 0.717) is 43.4 Å². The van der Waals surface area contributed by atoms with Gasteiger partial charge in [0.15, 0.2) is 0 Å². The van der Waals surface area contributed by atoms with Crippen LogP contribution in [0.25, 0.3) is 0 Å². The Morgan fingerprint density at radius 2 is 1.92 bits per heavy atom. The molecular weight excluding hydrogens is 308 g/mol. The summed E-state index contributed by atoms with van der Waals surface area (Å²) in [7, 11) is 3.69. The standard InChI is InChI=1S/C16H22N6O2/c1-10-9-12(18-11(2)17-10)13(23)22-7-5-16(6-8-22)14(24)19-15(20-16)21(3)4/h9H,5-8H2,1-4H3,(H,19,20,24). The van der Waals surface area contributed by atoms with Crippen molar-refractivity contribution < 1.29 is 9.59 Å². The molecule has 0 unspecified atom stereocenters. The number of rotatable bonds is 1. The molecule has 1 saturated heterocycles. The molecule has 0 radical (unpaired) electrons. The topological polar surface area (TPSA) is 90.8 Å². The maximum Gasteiger partial charge on any atom is 0.272 e. The molecular formula is C16H22N6O2. The molecule has 1 spiro atoms. The largest absolute Gasteiger partial charge is 0.349 e. The third kappa shape index (κ3) is 2.83. The quantitative estimate of drug-likeness (QED) is 0.789. The molecule has 2 aliphatic rings. The second-order valence-corrected chi connectivity index (χ2v) is 6.55. The number of amides is 2. The van der Waals surface area contributed by atoms with E-state index in [1.165, 1.54) is 0 Å². The van der Waals surface area contributed by atoms with E-state index < -0.39 is 5.54 Å². The molecule has 0 aromatic carbocycles. The maximum atomic E-state index is 12.7. The van der Waals surface area contributed by atoms with Crippen molar-refractivity contribution in [3.05, 3.63) is 23.3 Å². The average Bonchev–Trinajstić information content (AvgIpc) is 2.83. The van der Waals surface area contributed by atoms with Crippen molar-refractivity contribution in [2.45, 2.75) is 32.2 Å². The molecule has 1 aromatic heterocycles. The number of guanidine groups is 1. The van der Waals surface area contributed by atoms with Crippen LogP contribution in [0, 0.1) is 13.8 Å². The van der Waals surface area contributed by atoms with E-state index in [1.807, 2.05) is 21.0 Å². The highest BCUT2D eigenvalue weighted by molar-refractivity contribution is 6.07. The smallest absolute Gasteiger partial charge is 0.272 e. The van der Waals surface area contributed by atoms with Gasteiger partial charge in [0.25, 0.3) is 11.8 Å². The van der Waals surface area contributed by atoms with Crippen LogP contribution < -0.4 is 5.32 Å². The zero-order valence-corrected chi connectivity index (χ0v) is 14.5. The zero-order valence-electron chi connectivity index (χ0n) is 14.5. The molecule has 128 valence electrons. The average molecular weight is 330 g/mol. The molecule has 0 saturated carbocycles. The Kier molecular flexibility index (Phi) is 3.98. The summed E-state index contributed by atoms with van der Waals surface area (Å²) in [6, 6.07) is 1.70. The fraction of sp³-hybridized carbons (Fsp3) is 0.562. The molecule has 3 rings (SSSR count). The van der Waals surface area contributed by atoms with Crippen LogP contribution >= 0.6 is 0 Å². The minimum atomic E-state index is -0.742. The lowest BCUT2D eigenvalue weighted by Crippen LogP contribution is -2.50. The van der Waals surface area contributed by atoms with Gasteiger partial charge in [0.2, 0.25) is 5.96 Å². The summed E-state index contributed by atoms with van der Waals surface area (Å²) in [5.41, 5.74) is 0.437. The van der Waals surface area contributed by atoms with Crippen LogP contribution in [0.4, 0.5) is 0 Å². The van der Waals surface area contributed by atoms with Gasteiger partial charge >= 0.3 is 0 Å². The molecule has 1 fully saturated rings. The number of hydrogen-bond acceptors (Lipinski definition) is 6.